The third-order valence-electron chi connectivity index (χ3n) is 5.88. The predicted molar refractivity (Wildman–Crippen MR) is 127 cm³/mol. The smallest absolute Gasteiger partial charge is 0.339 e. The lowest BCUT2D eigenvalue weighted by Gasteiger charge is -2.24. The Hall–Kier alpha value is -2.38. The van der Waals surface area contributed by atoms with E-state index in [0.717, 1.165) is 36.0 Å². The van der Waals surface area contributed by atoms with Crippen LogP contribution >= 0.6 is 12.4 Å². The fraction of sp³-hybridized carbons (Fsp3) is 0.400. The molecule has 1 aliphatic carbocycles. The monoisotopic (exact) mass is 459 g/mol. The first kappa shape index (κ1) is 24.3. The Morgan fingerprint density at radius 2 is 1.75 bits per heavy atom. The van der Waals surface area contributed by atoms with Crippen molar-refractivity contribution in [2.45, 2.75) is 50.9 Å². The minimum Gasteiger partial charge on any atom is -0.492 e. The van der Waals surface area contributed by atoms with Gasteiger partial charge in [-0.05, 0) is 61.9 Å². The maximum atomic E-state index is 12.3. The zero-order chi connectivity index (χ0) is 21.8. The highest BCUT2D eigenvalue weighted by Crippen LogP contribution is 2.33. The number of fused-ring (bicyclic) bond motifs is 3. The molecule has 1 heterocycles. The van der Waals surface area contributed by atoms with Crippen molar-refractivity contribution in [3.05, 3.63) is 75.6 Å². The van der Waals surface area contributed by atoms with Crippen LogP contribution in [0.4, 0.5) is 0 Å². The number of aliphatic hydroxyl groups excluding tert-OH is 2. The van der Waals surface area contributed by atoms with Crippen LogP contribution in [0.2, 0.25) is 0 Å². The van der Waals surface area contributed by atoms with Crippen LogP contribution in [0.1, 0.15) is 42.6 Å². The SMILES string of the molecule is CC(COc1ccccc1)NCC(O)C(O)c1cccc2oc(=O)c3c(c12)CCCC3.Cl. The highest BCUT2D eigenvalue weighted by molar-refractivity contribution is 5.86. The Morgan fingerprint density at radius 3 is 2.50 bits per heavy atom. The first-order chi connectivity index (χ1) is 15.0. The van der Waals surface area contributed by atoms with E-state index in [9.17, 15) is 15.0 Å². The molecule has 0 saturated heterocycles. The third-order valence-corrected chi connectivity index (χ3v) is 5.88. The molecule has 2 aromatic carbocycles. The van der Waals surface area contributed by atoms with Crippen molar-refractivity contribution in [1.82, 2.24) is 5.32 Å². The highest BCUT2D eigenvalue weighted by Gasteiger charge is 2.26. The van der Waals surface area contributed by atoms with Crippen molar-refractivity contribution in [1.29, 1.82) is 0 Å². The van der Waals surface area contributed by atoms with Gasteiger partial charge in [-0.25, -0.2) is 4.79 Å². The van der Waals surface area contributed by atoms with Crippen molar-refractivity contribution in [2.24, 2.45) is 0 Å². The number of aryl methyl sites for hydroxylation is 1. The number of hydrogen-bond donors (Lipinski definition) is 3. The largest absolute Gasteiger partial charge is 0.492 e. The standard InChI is InChI=1S/C25H29NO5.ClH/c1-16(15-30-17-8-3-2-4-9-17)26-14-21(27)24(28)20-12-7-13-22-23(20)18-10-5-6-11-19(18)25(29)31-22;/h2-4,7-9,12-13,16,21,24,26-28H,5-6,10-11,14-15H2,1H3;1H. The second-order valence-electron chi connectivity index (χ2n) is 8.22. The summed E-state index contributed by atoms with van der Waals surface area (Å²) in [4.78, 5) is 12.3. The van der Waals surface area contributed by atoms with Crippen molar-refractivity contribution >= 4 is 23.4 Å². The minimum atomic E-state index is -1.10. The van der Waals surface area contributed by atoms with Gasteiger partial charge in [0.1, 0.15) is 24.0 Å². The second kappa shape index (κ2) is 11.0. The fourth-order valence-electron chi connectivity index (χ4n) is 4.21. The molecule has 3 atom stereocenters. The Morgan fingerprint density at radius 1 is 1.03 bits per heavy atom. The molecule has 0 fully saturated rings. The van der Waals surface area contributed by atoms with Crippen molar-refractivity contribution < 1.29 is 19.4 Å². The van der Waals surface area contributed by atoms with E-state index in [-0.39, 0.29) is 30.6 Å². The van der Waals surface area contributed by atoms with Crippen molar-refractivity contribution in [3.8, 4) is 5.75 Å². The molecule has 3 unspecified atom stereocenters. The molecule has 0 spiro atoms. The number of halogens is 1. The number of para-hydroxylation sites is 1. The van der Waals surface area contributed by atoms with Crippen molar-refractivity contribution in [3.63, 3.8) is 0 Å². The number of rotatable bonds is 8. The molecule has 0 radical (unpaired) electrons. The molecule has 7 heteroatoms. The minimum absolute atomic E-state index is 0. The normalized spacial score (nSPS) is 16.0. The summed E-state index contributed by atoms with van der Waals surface area (Å²) in [5.74, 6) is 0.791. The average molecular weight is 460 g/mol. The summed E-state index contributed by atoms with van der Waals surface area (Å²) >= 11 is 0. The summed E-state index contributed by atoms with van der Waals surface area (Å²) in [6, 6.07) is 14.8. The van der Waals surface area contributed by atoms with E-state index in [2.05, 4.69) is 5.32 Å². The number of aliphatic hydroxyl groups is 2. The molecule has 0 amide bonds. The van der Waals surface area contributed by atoms with Gasteiger partial charge in [-0.1, -0.05) is 30.3 Å². The van der Waals surface area contributed by atoms with E-state index < -0.39 is 12.2 Å². The summed E-state index contributed by atoms with van der Waals surface area (Å²) in [6.07, 6.45) is 1.32. The maximum absolute atomic E-state index is 12.3. The lowest BCUT2D eigenvalue weighted by molar-refractivity contribution is 0.0178. The van der Waals surface area contributed by atoms with Gasteiger partial charge in [0.15, 0.2) is 0 Å². The molecule has 3 aromatic rings. The number of benzene rings is 2. The predicted octanol–water partition coefficient (Wildman–Crippen LogP) is 3.55. The fourth-order valence-corrected chi connectivity index (χ4v) is 4.21. The molecule has 172 valence electrons. The van der Waals surface area contributed by atoms with Crippen LogP contribution in [0.25, 0.3) is 11.0 Å². The van der Waals surface area contributed by atoms with E-state index in [1.807, 2.05) is 37.3 Å². The van der Waals surface area contributed by atoms with E-state index in [1.54, 1.807) is 18.2 Å². The van der Waals surface area contributed by atoms with Gasteiger partial charge in [-0.2, -0.15) is 0 Å². The molecule has 6 nitrogen and oxygen atoms in total. The van der Waals surface area contributed by atoms with Gasteiger partial charge in [-0.15, -0.1) is 12.4 Å². The van der Waals surface area contributed by atoms with Crippen LogP contribution in [0.3, 0.4) is 0 Å². The van der Waals surface area contributed by atoms with Crippen LogP contribution in [0.15, 0.2) is 57.7 Å². The first-order valence-electron chi connectivity index (χ1n) is 10.9. The highest BCUT2D eigenvalue weighted by atomic mass is 35.5. The lowest BCUT2D eigenvalue weighted by Crippen LogP contribution is -2.39. The molecule has 1 aliphatic rings. The second-order valence-corrected chi connectivity index (χ2v) is 8.22. The van der Waals surface area contributed by atoms with Gasteiger partial charge in [-0.3, -0.25) is 0 Å². The maximum Gasteiger partial charge on any atom is 0.339 e. The molecule has 0 bridgehead atoms. The molecule has 32 heavy (non-hydrogen) atoms. The zero-order valence-corrected chi connectivity index (χ0v) is 18.9. The summed E-state index contributed by atoms with van der Waals surface area (Å²) in [7, 11) is 0. The van der Waals surface area contributed by atoms with Crippen LogP contribution < -0.4 is 15.7 Å². The van der Waals surface area contributed by atoms with E-state index in [4.69, 9.17) is 9.15 Å². The topological polar surface area (TPSA) is 91.9 Å². The molecular weight excluding hydrogens is 430 g/mol. The van der Waals surface area contributed by atoms with Gasteiger partial charge in [0.05, 0.1) is 6.10 Å². The number of nitrogens with one attached hydrogen (secondary N) is 1. The van der Waals surface area contributed by atoms with Gasteiger partial charge < -0.3 is 24.7 Å². The summed E-state index contributed by atoms with van der Waals surface area (Å²) in [5, 5.41) is 25.6. The third kappa shape index (κ3) is 5.33. The van der Waals surface area contributed by atoms with Gasteiger partial charge in [0, 0.05) is 23.5 Å². The average Bonchev–Trinajstić information content (AvgIpc) is 2.81. The molecular formula is C25H30ClNO5. The van der Waals surface area contributed by atoms with E-state index >= 15 is 0 Å². The quantitative estimate of drug-likeness (QED) is 0.446. The van der Waals surface area contributed by atoms with Gasteiger partial charge in [0.2, 0.25) is 0 Å². The molecule has 0 saturated carbocycles. The Labute approximate surface area is 193 Å². The number of ether oxygens (including phenoxy) is 1. The van der Waals surface area contributed by atoms with Crippen molar-refractivity contribution in [2.75, 3.05) is 13.2 Å². The van der Waals surface area contributed by atoms with Crippen LogP contribution in [-0.4, -0.2) is 35.5 Å². The molecule has 3 N–H and O–H groups in total. The molecule has 0 aliphatic heterocycles. The Balaban J connectivity index is 0.00000289. The summed E-state index contributed by atoms with van der Waals surface area (Å²) < 4.78 is 11.3. The Bertz CT molecular complexity index is 1080. The van der Waals surface area contributed by atoms with Gasteiger partial charge >= 0.3 is 5.63 Å². The summed E-state index contributed by atoms with van der Waals surface area (Å²) in [6.45, 7) is 2.61. The van der Waals surface area contributed by atoms with Crippen LogP contribution in [0.5, 0.6) is 5.75 Å². The van der Waals surface area contributed by atoms with E-state index in [0.29, 0.717) is 29.7 Å². The zero-order valence-electron chi connectivity index (χ0n) is 18.1. The Kier molecular flexibility index (Phi) is 8.32. The summed E-state index contributed by atoms with van der Waals surface area (Å²) in [5.41, 5.74) is 2.44. The lowest BCUT2D eigenvalue weighted by atomic mass is 9.87. The van der Waals surface area contributed by atoms with Gasteiger partial charge in [0.25, 0.3) is 0 Å². The first-order valence-corrected chi connectivity index (χ1v) is 10.9. The molecule has 4 rings (SSSR count). The number of hydrogen-bond acceptors (Lipinski definition) is 6. The van der Waals surface area contributed by atoms with E-state index in [1.165, 1.54) is 0 Å². The molecule has 1 aromatic heterocycles. The van der Waals surface area contributed by atoms with Crippen LogP contribution in [0, 0.1) is 0 Å². The van der Waals surface area contributed by atoms with Crippen LogP contribution in [-0.2, 0) is 12.8 Å².